The zero-order chi connectivity index (χ0) is 19.4. The largest absolute Gasteiger partial charge is 0.507 e. The first-order valence-corrected chi connectivity index (χ1v) is 8.76. The summed E-state index contributed by atoms with van der Waals surface area (Å²) in [5.74, 6) is -1.34. The molecule has 5 nitrogen and oxygen atoms in total. The minimum absolute atomic E-state index is 0.0339. The lowest BCUT2D eigenvalue weighted by atomic mass is 10.1. The Bertz CT molecular complexity index is 1010. The van der Waals surface area contributed by atoms with Crippen LogP contribution in [0.3, 0.4) is 0 Å². The van der Waals surface area contributed by atoms with E-state index in [0.717, 1.165) is 34.0 Å². The van der Waals surface area contributed by atoms with Gasteiger partial charge in [0.1, 0.15) is 11.3 Å². The Labute approximate surface area is 157 Å². The summed E-state index contributed by atoms with van der Waals surface area (Å²) in [6.45, 7) is 3.49. The van der Waals surface area contributed by atoms with Gasteiger partial charge in [0.25, 0.3) is 5.91 Å². The fraction of sp³-hybridized carbons (Fsp3) is 0.182. The molecule has 0 heterocycles. The van der Waals surface area contributed by atoms with Crippen LogP contribution in [0.2, 0.25) is 0 Å². The molecule has 3 rings (SSSR count). The Morgan fingerprint density at radius 1 is 1.04 bits per heavy atom. The molecule has 0 bridgehead atoms. The molecule has 0 aliphatic carbocycles. The van der Waals surface area contributed by atoms with Crippen molar-refractivity contribution in [3.63, 3.8) is 0 Å². The van der Waals surface area contributed by atoms with Gasteiger partial charge in [0.2, 0.25) is 0 Å². The van der Waals surface area contributed by atoms with E-state index in [2.05, 4.69) is 5.32 Å². The highest BCUT2D eigenvalue weighted by molar-refractivity contribution is 6.00. The predicted octanol–water partition coefficient (Wildman–Crippen LogP) is 4.21. The summed E-state index contributed by atoms with van der Waals surface area (Å²) in [6, 6.07) is 16.2. The third-order valence-corrected chi connectivity index (χ3v) is 4.42. The van der Waals surface area contributed by atoms with Crippen LogP contribution in [0, 0.1) is 6.92 Å². The lowest BCUT2D eigenvalue weighted by Gasteiger charge is -2.13. The van der Waals surface area contributed by atoms with Crippen LogP contribution in [0.25, 0.3) is 10.8 Å². The van der Waals surface area contributed by atoms with Gasteiger partial charge in [-0.1, -0.05) is 49.4 Å². The van der Waals surface area contributed by atoms with Crippen molar-refractivity contribution in [2.45, 2.75) is 20.3 Å². The Morgan fingerprint density at radius 3 is 2.44 bits per heavy atom. The number of anilines is 1. The predicted molar refractivity (Wildman–Crippen MR) is 105 cm³/mol. The standard InChI is InChI=1S/C22H21NO4/c1-3-15-10-6-7-14(2)21(15)23-20(25)13-27-22(26)18-11-16-8-4-5-9-17(16)12-19(18)24/h4-12,24H,3,13H2,1-2H3,(H,23,25). The van der Waals surface area contributed by atoms with Crippen LogP contribution in [0.4, 0.5) is 5.69 Å². The third-order valence-electron chi connectivity index (χ3n) is 4.42. The van der Waals surface area contributed by atoms with E-state index in [1.807, 2.05) is 56.3 Å². The minimum atomic E-state index is -0.742. The van der Waals surface area contributed by atoms with Gasteiger partial charge >= 0.3 is 5.97 Å². The number of rotatable bonds is 5. The average molecular weight is 363 g/mol. The molecule has 0 saturated carbocycles. The highest BCUT2D eigenvalue weighted by Crippen LogP contribution is 2.26. The average Bonchev–Trinajstić information content (AvgIpc) is 2.67. The van der Waals surface area contributed by atoms with Crippen molar-refractivity contribution in [2.75, 3.05) is 11.9 Å². The summed E-state index contributed by atoms with van der Waals surface area (Å²) in [6.07, 6.45) is 0.780. The van der Waals surface area contributed by atoms with Gasteiger partial charge in [-0.15, -0.1) is 0 Å². The number of aromatic hydroxyl groups is 1. The molecular weight excluding hydrogens is 342 g/mol. The molecule has 2 N–H and O–H groups in total. The molecule has 0 aliphatic heterocycles. The van der Waals surface area contributed by atoms with Crippen LogP contribution in [-0.2, 0) is 16.0 Å². The second-order valence-electron chi connectivity index (χ2n) is 6.30. The van der Waals surface area contributed by atoms with E-state index >= 15 is 0 Å². The van der Waals surface area contributed by atoms with E-state index in [1.165, 1.54) is 6.07 Å². The smallest absolute Gasteiger partial charge is 0.342 e. The van der Waals surface area contributed by atoms with Gasteiger partial charge in [-0.2, -0.15) is 0 Å². The number of amides is 1. The number of fused-ring (bicyclic) bond motifs is 1. The van der Waals surface area contributed by atoms with Gasteiger partial charge in [0.15, 0.2) is 6.61 Å². The van der Waals surface area contributed by atoms with Gasteiger partial charge in [0, 0.05) is 5.69 Å². The molecule has 138 valence electrons. The molecule has 5 heteroatoms. The van der Waals surface area contributed by atoms with E-state index in [4.69, 9.17) is 4.74 Å². The number of para-hydroxylation sites is 1. The molecule has 0 fully saturated rings. The molecule has 3 aromatic rings. The first-order chi connectivity index (χ1) is 13.0. The number of hydrogen-bond donors (Lipinski definition) is 2. The van der Waals surface area contributed by atoms with E-state index in [1.54, 1.807) is 6.07 Å². The molecule has 0 spiro atoms. The lowest BCUT2D eigenvalue weighted by molar-refractivity contribution is -0.119. The molecule has 0 aliphatic rings. The number of phenolic OH excluding ortho intramolecular Hbond substituents is 1. The molecule has 0 unspecified atom stereocenters. The Balaban J connectivity index is 1.69. The molecular formula is C22H21NO4. The highest BCUT2D eigenvalue weighted by atomic mass is 16.5. The zero-order valence-corrected chi connectivity index (χ0v) is 15.3. The van der Waals surface area contributed by atoms with Crippen molar-refractivity contribution in [1.82, 2.24) is 0 Å². The number of aryl methyl sites for hydroxylation is 2. The quantitative estimate of drug-likeness (QED) is 0.666. The Kier molecular flexibility index (Phi) is 5.41. The number of benzene rings is 3. The summed E-state index contributed by atoms with van der Waals surface area (Å²) < 4.78 is 5.09. The summed E-state index contributed by atoms with van der Waals surface area (Å²) >= 11 is 0. The normalized spacial score (nSPS) is 10.6. The van der Waals surface area contributed by atoms with Crippen molar-refractivity contribution < 1.29 is 19.4 Å². The van der Waals surface area contributed by atoms with Crippen molar-refractivity contribution in [3.05, 3.63) is 71.3 Å². The van der Waals surface area contributed by atoms with Crippen molar-refractivity contribution in [1.29, 1.82) is 0 Å². The maximum atomic E-state index is 12.3. The van der Waals surface area contributed by atoms with Crippen LogP contribution >= 0.6 is 0 Å². The Morgan fingerprint density at radius 2 is 1.74 bits per heavy atom. The van der Waals surface area contributed by atoms with Crippen LogP contribution in [0.1, 0.15) is 28.4 Å². The van der Waals surface area contributed by atoms with E-state index in [0.29, 0.717) is 0 Å². The summed E-state index contributed by atoms with van der Waals surface area (Å²) in [5.41, 5.74) is 2.74. The van der Waals surface area contributed by atoms with E-state index in [9.17, 15) is 14.7 Å². The number of carbonyl (C=O) groups excluding carboxylic acids is 2. The number of hydrogen-bond acceptors (Lipinski definition) is 4. The molecule has 0 atom stereocenters. The monoisotopic (exact) mass is 363 g/mol. The summed E-state index contributed by atoms with van der Waals surface area (Å²) in [5, 5.41) is 14.5. The number of nitrogens with one attached hydrogen (secondary N) is 1. The van der Waals surface area contributed by atoms with Crippen molar-refractivity contribution >= 4 is 28.3 Å². The first kappa shape index (κ1) is 18.5. The highest BCUT2D eigenvalue weighted by Gasteiger charge is 2.16. The Hall–Kier alpha value is -3.34. The van der Waals surface area contributed by atoms with Gasteiger partial charge in [0.05, 0.1) is 0 Å². The van der Waals surface area contributed by atoms with Gasteiger partial charge in [-0.05, 0) is 47.4 Å². The number of phenols is 1. The van der Waals surface area contributed by atoms with E-state index < -0.39 is 18.5 Å². The second kappa shape index (κ2) is 7.91. The number of ether oxygens (including phenoxy) is 1. The lowest BCUT2D eigenvalue weighted by Crippen LogP contribution is -2.22. The zero-order valence-electron chi connectivity index (χ0n) is 15.3. The number of esters is 1. The van der Waals surface area contributed by atoms with Crippen LogP contribution in [0.15, 0.2) is 54.6 Å². The maximum Gasteiger partial charge on any atom is 0.342 e. The number of carbonyl (C=O) groups is 2. The van der Waals surface area contributed by atoms with Crippen molar-refractivity contribution in [2.24, 2.45) is 0 Å². The van der Waals surface area contributed by atoms with Gasteiger partial charge in [-0.25, -0.2) is 4.79 Å². The molecule has 3 aromatic carbocycles. The van der Waals surface area contributed by atoms with Gasteiger partial charge < -0.3 is 15.2 Å². The van der Waals surface area contributed by atoms with Gasteiger partial charge in [-0.3, -0.25) is 4.79 Å². The summed E-state index contributed by atoms with van der Waals surface area (Å²) in [4.78, 5) is 24.5. The maximum absolute atomic E-state index is 12.3. The molecule has 27 heavy (non-hydrogen) atoms. The third kappa shape index (κ3) is 4.08. The fourth-order valence-corrected chi connectivity index (χ4v) is 2.98. The van der Waals surface area contributed by atoms with Crippen LogP contribution in [0.5, 0.6) is 5.75 Å². The van der Waals surface area contributed by atoms with Crippen LogP contribution in [-0.4, -0.2) is 23.6 Å². The molecule has 1 amide bonds. The fourth-order valence-electron chi connectivity index (χ4n) is 2.98. The SMILES string of the molecule is CCc1cccc(C)c1NC(=O)COC(=O)c1cc2ccccc2cc1O. The molecule has 0 saturated heterocycles. The van der Waals surface area contributed by atoms with Crippen LogP contribution < -0.4 is 5.32 Å². The molecule has 0 aromatic heterocycles. The topological polar surface area (TPSA) is 75.6 Å². The minimum Gasteiger partial charge on any atom is -0.507 e. The van der Waals surface area contributed by atoms with E-state index in [-0.39, 0.29) is 11.3 Å². The summed E-state index contributed by atoms with van der Waals surface area (Å²) in [7, 11) is 0. The molecule has 0 radical (unpaired) electrons. The second-order valence-corrected chi connectivity index (χ2v) is 6.30. The first-order valence-electron chi connectivity index (χ1n) is 8.76. The van der Waals surface area contributed by atoms with Crippen molar-refractivity contribution in [3.8, 4) is 5.75 Å².